The minimum atomic E-state index is -0.372. The Morgan fingerprint density at radius 2 is 1.75 bits per heavy atom. The molecule has 0 aliphatic rings. The molecule has 0 spiro atoms. The Labute approximate surface area is 188 Å². The molecule has 5 nitrogen and oxygen atoms in total. The van der Waals surface area contributed by atoms with Crippen molar-refractivity contribution in [1.82, 2.24) is 14.5 Å². The summed E-state index contributed by atoms with van der Waals surface area (Å²) in [4.78, 5) is 33.5. The summed E-state index contributed by atoms with van der Waals surface area (Å²) < 4.78 is 15.1. The first-order valence-corrected chi connectivity index (χ1v) is 11.6. The Kier molecular flexibility index (Phi) is 8.14. The molecule has 0 fully saturated rings. The maximum atomic E-state index is 13.6. The monoisotopic (exact) mass is 437 g/mol. The fraction of sp³-hybridized carbons (Fsp3) is 0.423. The molecule has 2 aromatic carbocycles. The molecule has 0 aliphatic heterocycles. The van der Waals surface area contributed by atoms with Crippen molar-refractivity contribution in [3.05, 3.63) is 70.5 Å². The quantitative estimate of drug-likeness (QED) is 0.377. The largest absolute Gasteiger partial charge is 0.333 e. The summed E-state index contributed by atoms with van der Waals surface area (Å²) in [5.74, 6) is 0.225. The van der Waals surface area contributed by atoms with E-state index in [-0.39, 0.29) is 23.3 Å². The predicted octanol–water partition coefficient (Wildman–Crippen LogP) is 5.79. The number of rotatable bonds is 10. The maximum Gasteiger partial charge on any atom is 0.266 e. The molecule has 3 rings (SSSR count). The van der Waals surface area contributed by atoms with Gasteiger partial charge in [-0.15, -0.1) is 0 Å². The van der Waals surface area contributed by atoms with Crippen molar-refractivity contribution in [3.63, 3.8) is 0 Å². The van der Waals surface area contributed by atoms with Crippen LogP contribution in [-0.4, -0.2) is 26.9 Å². The molecule has 0 N–H and O–H groups in total. The van der Waals surface area contributed by atoms with Crippen molar-refractivity contribution < 1.29 is 9.18 Å². The van der Waals surface area contributed by atoms with Gasteiger partial charge in [-0.1, -0.05) is 45.7 Å². The van der Waals surface area contributed by atoms with Crippen LogP contribution in [0.15, 0.2) is 53.3 Å². The summed E-state index contributed by atoms with van der Waals surface area (Å²) in [6, 6.07) is 12.7. The molecule has 170 valence electrons. The summed E-state index contributed by atoms with van der Waals surface area (Å²) in [5, 5.41) is 0.492. The Bertz CT molecular complexity index is 1110. The number of carbonyl (C=O) groups excluding carboxylic acids is 1. The fourth-order valence-electron chi connectivity index (χ4n) is 4.12. The van der Waals surface area contributed by atoms with Gasteiger partial charge in [-0.3, -0.25) is 14.2 Å². The zero-order chi connectivity index (χ0) is 23.1. The van der Waals surface area contributed by atoms with Crippen molar-refractivity contribution in [2.75, 3.05) is 6.54 Å². The van der Waals surface area contributed by atoms with E-state index in [1.165, 1.54) is 16.7 Å². The second kappa shape index (κ2) is 11.0. The van der Waals surface area contributed by atoms with Gasteiger partial charge in [-0.05, 0) is 55.7 Å². The smallest absolute Gasteiger partial charge is 0.266 e. The average Bonchev–Trinajstić information content (AvgIpc) is 2.80. The Morgan fingerprint density at radius 1 is 1.03 bits per heavy atom. The highest BCUT2D eigenvalue weighted by molar-refractivity contribution is 5.79. The van der Waals surface area contributed by atoms with Crippen LogP contribution in [0.4, 0.5) is 4.39 Å². The van der Waals surface area contributed by atoms with Gasteiger partial charge in [0.05, 0.1) is 22.6 Å². The van der Waals surface area contributed by atoms with Crippen LogP contribution in [0.25, 0.3) is 16.6 Å². The number of benzene rings is 2. The molecule has 0 bridgehead atoms. The molecule has 1 aromatic heterocycles. The molecule has 32 heavy (non-hydrogen) atoms. The topological polar surface area (TPSA) is 55.2 Å². The number of hydrogen-bond acceptors (Lipinski definition) is 3. The lowest BCUT2D eigenvalue weighted by Crippen LogP contribution is -2.39. The first kappa shape index (κ1) is 23.6. The third-order valence-corrected chi connectivity index (χ3v) is 5.73. The fourth-order valence-corrected chi connectivity index (χ4v) is 4.12. The summed E-state index contributed by atoms with van der Waals surface area (Å²) in [5.41, 5.74) is 0.919. The van der Waals surface area contributed by atoms with E-state index in [4.69, 9.17) is 4.98 Å². The van der Waals surface area contributed by atoms with E-state index < -0.39 is 0 Å². The molecule has 3 aromatic rings. The number of para-hydroxylation sites is 1. The van der Waals surface area contributed by atoms with Gasteiger partial charge in [0, 0.05) is 13.0 Å². The summed E-state index contributed by atoms with van der Waals surface area (Å²) in [6.45, 7) is 6.75. The van der Waals surface area contributed by atoms with Crippen molar-refractivity contribution in [1.29, 1.82) is 0 Å². The standard InChI is InChI=1S/C26H32FN3O2/c1-4-7-8-13-24(31)29(18-5-2)23(6-3)25-28-22-12-10-9-11-21(22)26(32)30(25)20-16-14-19(27)15-17-20/h9-12,14-17,23H,4-8,13,18H2,1-3H3. The minimum absolute atomic E-state index is 0.0835. The lowest BCUT2D eigenvalue weighted by Gasteiger charge is -2.32. The molecular weight excluding hydrogens is 405 g/mol. The molecule has 1 unspecified atom stereocenters. The van der Waals surface area contributed by atoms with Gasteiger partial charge < -0.3 is 4.90 Å². The highest BCUT2D eigenvalue weighted by atomic mass is 19.1. The van der Waals surface area contributed by atoms with Gasteiger partial charge >= 0.3 is 0 Å². The van der Waals surface area contributed by atoms with Gasteiger partial charge in [0.2, 0.25) is 5.91 Å². The number of fused-ring (bicyclic) bond motifs is 1. The maximum absolute atomic E-state index is 13.6. The summed E-state index contributed by atoms with van der Waals surface area (Å²) in [6.07, 6.45) is 4.82. The first-order valence-electron chi connectivity index (χ1n) is 11.6. The molecule has 0 saturated carbocycles. The Balaban J connectivity index is 2.18. The number of halogens is 1. The van der Waals surface area contributed by atoms with Gasteiger partial charge in [-0.2, -0.15) is 0 Å². The van der Waals surface area contributed by atoms with E-state index in [0.29, 0.717) is 41.8 Å². The van der Waals surface area contributed by atoms with Crippen molar-refractivity contribution >= 4 is 16.8 Å². The third-order valence-electron chi connectivity index (χ3n) is 5.73. The van der Waals surface area contributed by atoms with Crippen LogP contribution in [0, 0.1) is 5.82 Å². The number of carbonyl (C=O) groups is 1. The van der Waals surface area contributed by atoms with E-state index in [2.05, 4.69) is 6.92 Å². The zero-order valence-corrected chi connectivity index (χ0v) is 19.2. The Hall–Kier alpha value is -3.02. The SMILES string of the molecule is CCCCCC(=O)N(CCC)C(CC)c1nc2ccccc2c(=O)n1-c1ccc(F)cc1. The second-order valence-corrected chi connectivity index (χ2v) is 8.07. The van der Waals surface area contributed by atoms with Gasteiger partial charge in [-0.25, -0.2) is 9.37 Å². The molecule has 1 atom stereocenters. The van der Waals surface area contributed by atoms with Crippen LogP contribution in [-0.2, 0) is 4.79 Å². The molecule has 0 saturated heterocycles. The van der Waals surface area contributed by atoms with Crippen LogP contribution < -0.4 is 5.56 Å². The lowest BCUT2D eigenvalue weighted by molar-refractivity contribution is -0.134. The van der Waals surface area contributed by atoms with Gasteiger partial charge in [0.25, 0.3) is 5.56 Å². The van der Waals surface area contributed by atoms with Crippen LogP contribution in [0.2, 0.25) is 0 Å². The number of amides is 1. The van der Waals surface area contributed by atoms with Crippen LogP contribution in [0.5, 0.6) is 0 Å². The van der Waals surface area contributed by atoms with Crippen molar-refractivity contribution in [2.45, 2.75) is 65.3 Å². The highest BCUT2D eigenvalue weighted by Crippen LogP contribution is 2.27. The van der Waals surface area contributed by atoms with Crippen LogP contribution >= 0.6 is 0 Å². The molecule has 0 radical (unpaired) electrons. The van der Waals surface area contributed by atoms with Crippen molar-refractivity contribution in [2.24, 2.45) is 0 Å². The van der Waals surface area contributed by atoms with E-state index in [1.54, 1.807) is 24.3 Å². The van der Waals surface area contributed by atoms with Crippen molar-refractivity contribution in [3.8, 4) is 5.69 Å². The lowest BCUT2D eigenvalue weighted by atomic mass is 10.1. The summed E-state index contributed by atoms with van der Waals surface area (Å²) in [7, 11) is 0. The molecule has 1 heterocycles. The molecule has 6 heteroatoms. The zero-order valence-electron chi connectivity index (χ0n) is 19.2. The van der Waals surface area contributed by atoms with Gasteiger partial charge in [0.15, 0.2) is 0 Å². The average molecular weight is 438 g/mol. The van der Waals surface area contributed by atoms with Gasteiger partial charge in [0.1, 0.15) is 11.6 Å². The Morgan fingerprint density at radius 3 is 2.41 bits per heavy atom. The minimum Gasteiger partial charge on any atom is -0.333 e. The highest BCUT2D eigenvalue weighted by Gasteiger charge is 2.28. The summed E-state index contributed by atoms with van der Waals surface area (Å²) >= 11 is 0. The molecule has 1 amide bonds. The first-order chi connectivity index (χ1) is 15.5. The molecule has 0 aliphatic carbocycles. The predicted molar refractivity (Wildman–Crippen MR) is 126 cm³/mol. The van der Waals surface area contributed by atoms with E-state index in [0.717, 1.165) is 25.7 Å². The van der Waals surface area contributed by atoms with Crippen LogP contribution in [0.1, 0.15) is 71.2 Å². The molecular formula is C26H32FN3O2. The number of unbranched alkanes of at least 4 members (excludes halogenated alkanes) is 2. The van der Waals surface area contributed by atoms with Crippen LogP contribution in [0.3, 0.4) is 0 Å². The number of nitrogens with zero attached hydrogens (tertiary/aromatic N) is 3. The van der Waals surface area contributed by atoms with E-state index in [1.807, 2.05) is 30.9 Å². The second-order valence-electron chi connectivity index (χ2n) is 8.07. The number of hydrogen-bond donors (Lipinski definition) is 0. The van der Waals surface area contributed by atoms with E-state index in [9.17, 15) is 14.0 Å². The van der Waals surface area contributed by atoms with E-state index >= 15 is 0 Å². The normalized spacial score (nSPS) is 12.1. The number of aromatic nitrogens is 2. The third kappa shape index (κ3) is 5.06.